The van der Waals surface area contributed by atoms with Crippen LogP contribution in [0.15, 0.2) is 24.3 Å². The third-order valence-electron chi connectivity index (χ3n) is 3.05. The van der Waals surface area contributed by atoms with E-state index in [0.29, 0.717) is 5.02 Å². The number of benzene rings is 1. The monoisotopic (exact) mass is 272 g/mol. The number of aromatic nitrogens is 4. The molecule has 4 nitrogen and oxygen atoms in total. The van der Waals surface area contributed by atoms with Gasteiger partial charge in [0.1, 0.15) is 11.3 Å². The molecule has 2 heterocycles. The molecule has 0 aliphatic rings. The molecule has 19 heavy (non-hydrogen) atoms. The van der Waals surface area contributed by atoms with Gasteiger partial charge in [-0.15, -0.1) is 0 Å². The standard InChI is InChI=1S/C14H13ClN4/c1-3-11-9(7-8(2)18-19-11)14-16-12-6-4-5-10(15)13(12)17-14/h4-7H,3H2,1-2H3,(H,16,17). The summed E-state index contributed by atoms with van der Waals surface area (Å²) < 4.78 is 0. The van der Waals surface area contributed by atoms with Crippen molar-refractivity contribution in [2.75, 3.05) is 0 Å². The van der Waals surface area contributed by atoms with Gasteiger partial charge in [0.25, 0.3) is 0 Å². The first-order chi connectivity index (χ1) is 9.19. The van der Waals surface area contributed by atoms with Crippen LogP contribution < -0.4 is 0 Å². The van der Waals surface area contributed by atoms with Gasteiger partial charge in [0.05, 0.1) is 21.9 Å². The minimum Gasteiger partial charge on any atom is -0.338 e. The second-order valence-electron chi connectivity index (χ2n) is 4.42. The molecule has 0 aliphatic heterocycles. The Bertz CT molecular complexity index is 748. The second-order valence-corrected chi connectivity index (χ2v) is 4.83. The lowest BCUT2D eigenvalue weighted by Crippen LogP contribution is -1.98. The predicted molar refractivity (Wildman–Crippen MR) is 76.2 cm³/mol. The van der Waals surface area contributed by atoms with Crippen LogP contribution in [0.25, 0.3) is 22.4 Å². The maximum absolute atomic E-state index is 6.15. The molecule has 0 amide bonds. The molecule has 5 heteroatoms. The molecule has 2 aromatic heterocycles. The van der Waals surface area contributed by atoms with Crippen LogP contribution in [0.4, 0.5) is 0 Å². The van der Waals surface area contributed by atoms with Crippen LogP contribution in [0.1, 0.15) is 18.3 Å². The highest BCUT2D eigenvalue weighted by molar-refractivity contribution is 6.35. The summed E-state index contributed by atoms with van der Waals surface area (Å²) in [6.07, 6.45) is 0.813. The predicted octanol–water partition coefficient (Wildman–Crippen LogP) is 3.54. The molecular formula is C14H13ClN4. The van der Waals surface area contributed by atoms with E-state index in [1.807, 2.05) is 31.2 Å². The van der Waals surface area contributed by atoms with E-state index in [9.17, 15) is 0 Å². The van der Waals surface area contributed by atoms with E-state index in [0.717, 1.165) is 40.2 Å². The van der Waals surface area contributed by atoms with Gasteiger partial charge in [0.2, 0.25) is 0 Å². The Morgan fingerprint density at radius 3 is 2.84 bits per heavy atom. The molecular weight excluding hydrogens is 260 g/mol. The highest BCUT2D eigenvalue weighted by atomic mass is 35.5. The van der Waals surface area contributed by atoms with Gasteiger partial charge >= 0.3 is 0 Å². The summed E-state index contributed by atoms with van der Waals surface area (Å²) in [5, 5.41) is 8.96. The van der Waals surface area contributed by atoms with Crippen LogP contribution in [-0.2, 0) is 6.42 Å². The van der Waals surface area contributed by atoms with E-state index in [4.69, 9.17) is 11.6 Å². The number of imidazole rings is 1. The van der Waals surface area contributed by atoms with Crippen molar-refractivity contribution < 1.29 is 0 Å². The van der Waals surface area contributed by atoms with E-state index in [2.05, 4.69) is 27.1 Å². The summed E-state index contributed by atoms with van der Waals surface area (Å²) in [5.74, 6) is 0.790. The topological polar surface area (TPSA) is 54.5 Å². The Hall–Kier alpha value is -1.94. The summed E-state index contributed by atoms with van der Waals surface area (Å²) >= 11 is 6.15. The van der Waals surface area contributed by atoms with Crippen molar-refractivity contribution >= 4 is 22.6 Å². The van der Waals surface area contributed by atoms with E-state index >= 15 is 0 Å². The van der Waals surface area contributed by atoms with Gasteiger partial charge in [-0.1, -0.05) is 24.6 Å². The molecule has 0 unspecified atom stereocenters. The lowest BCUT2D eigenvalue weighted by Gasteiger charge is -2.03. The quantitative estimate of drug-likeness (QED) is 0.776. The average Bonchev–Trinajstić information content (AvgIpc) is 2.84. The van der Waals surface area contributed by atoms with Gasteiger partial charge in [-0.2, -0.15) is 10.2 Å². The maximum atomic E-state index is 6.15. The lowest BCUT2D eigenvalue weighted by atomic mass is 10.1. The van der Waals surface area contributed by atoms with Crippen molar-refractivity contribution in [2.24, 2.45) is 0 Å². The molecule has 0 radical (unpaired) electrons. The van der Waals surface area contributed by atoms with Crippen molar-refractivity contribution in [1.82, 2.24) is 20.2 Å². The Balaban J connectivity index is 2.24. The Morgan fingerprint density at radius 1 is 1.26 bits per heavy atom. The summed E-state index contributed by atoms with van der Waals surface area (Å²) in [6, 6.07) is 7.71. The number of para-hydroxylation sites is 1. The molecule has 3 rings (SSSR count). The molecule has 3 aromatic rings. The van der Waals surface area contributed by atoms with Crippen LogP contribution in [0.2, 0.25) is 5.02 Å². The smallest absolute Gasteiger partial charge is 0.140 e. The molecule has 1 N–H and O–H groups in total. The highest BCUT2D eigenvalue weighted by Crippen LogP contribution is 2.27. The fourth-order valence-corrected chi connectivity index (χ4v) is 2.32. The Labute approximate surface area is 115 Å². The van der Waals surface area contributed by atoms with Gasteiger partial charge in [0, 0.05) is 5.56 Å². The van der Waals surface area contributed by atoms with Gasteiger partial charge in [-0.25, -0.2) is 4.98 Å². The first kappa shape index (κ1) is 12.1. The SMILES string of the molecule is CCc1nnc(C)cc1-c1nc2c(Cl)cccc2[nH]1. The number of nitrogens with zero attached hydrogens (tertiary/aromatic N) is 3. The van der Waals surface area contributed by atoms with Gasteiger partial charge in [0.15, 0.2) is 0 Å². The first-order valence-corrected chi connectivity index (χ1v) is 6.54. The fourth-order valence-electron chi connectivity index (χ4n) is 2.11. The van der Waals surface area contributed by atoms with E-state index in [1.165, 1.54) is 0 Å². The molecule has 0 bridgehead atoms. The lowest BCUT2D eigenvalue weighted by molar-refractivity contribution is 0.893. The minimum atomic E-state index is 0.650. The van der Waals surface area contributed by atoms with Crippen molar-refractivity contribution in [3.8, 4) is 11.4 Å². The first-order valence-electron chi connectivity index (χ1n) is 6.17. The minimum absolute atomic E-state index is 0.650. The number of aryl methyl sites for hydroxylation is 2. The zero-order chi connectivity index (χ0) is 13.4. The third kappa shape index (κ3) is 2.08. The average molecular weight is 273 g/mol. The van der Waals surface area contributed by atoms with E-state index in [-0.39, 0.29) is 0 Å². The number of hydrogen-bond donors (Lipinski definition) is 1. The zero-order valence-electron chi connectivity index (χ0n) is 10.7. The van der Waals surface area contributed by atoms with Crippen molar-refractivity contribution in [1.29, 1.82) is 0 Å². The third-order valence-corrected chi connectivity index (χ3v) is 3.35. The van der Waals surface area contributed by atoms with Crippen LogP contribution in [0.5, 0.6) is 0 Å². The van der Waals surface area contributed by atoms with Crippen LogP contribution in [0.3, 0.4) is 0 Å². The van der Waals surface area contributed by atoms with Crippen molar-refractivity contribution in [3.05, 3.63) is 40.7 Å². The maximum Gasteiger partial charge on any atom is 0.140 e. The zero-order valence-corrected chi connectivity index (χ0v) is 11.5. The molecule has 0 spiro atoms. The molecule has 0 atom stereocenters. The number of aromatic amines is 1. The Morgan fingerprint density at radius 2 is 2.11 bits per heavy atom. The van der Waals surface area contributed by atoms with Gasteiger partial charge in [-0.05, 0) is 31.5 Å². The van der Waals surface area contributed by atoms with Gasteiger partial charge < -0.3 is 4.98 Å². The second kappa shape index (κ2) is 4.63. The molecule has 0 aliphatic carbocycles. The largest absolute Gasteiger partial charge is 0.338 e. The van der Waals surface area contributed by atoms with Crippen LogP contribution in [0, 0.1) is 6.92 Å². The van der Waals surface area contributed by atoms with Crippen molar-refractivity contribution in [3.63, 3.8) is 0 Å². The number of hydrogen-bond acceptors (Lipinski definition) is 3. The number of fused-ring (bicyclic) bond motifs is 1. The summed E-state index contributed by atoms with van der Waals surface area (Å²) in [5.41, 5.74) is 4.51. The van der Waals surface area contributed by atoms with Gasteiger partial charge in [-0.3, -0.25) is 0 Å². The number of H-pyrrole nitrogens is 1. The highest BCUT2D eigenvalue weighted by Gasteiger charge is 2.12. The molecule has 96 valence electrons. The van der Waals surface area contributed by atoms with Crippen molar-refractivity contribution in [2.45, 2.75) is 20.3 Å². The number of nitrogens with one attached hydrogen (secondary N) is 1. The van der Waals surface area contributed by atoms with E-state index in [1.54, 1.807) is 0 Å². The molecule has 0 saturated carbocycles. The molecule has 0 fully saturated rings. The van der Waals surface area contributed by atoms with Crippen LogP contribution >= 0.6 is 11.6 Å². The Kier molecular flexibility index (Phi) is 2.95. The summed E-state index contributed by atoms with van der Waals surface area (Å²) in [4.78, 5) is 7.87. The van der Waals surface area contributed by atoms with Crippen LogP contribution in [-0.4, -0.2) is 20.2 Å². The molecule has 0 saturated heterocycles. The summed E-state index contributed by atoms with van der Waals surface area (Å²) in [6.45, 7) is 3.98. The number of halogens is 1. The molecule has 1 aromatic carbocycles. The number of rotatable bonds is 2. The van der Waals surface area contributed by atoms with E-state index < -0.39 is 0 Å². The summed E-state index contributed by atoms with van der Waals surface area (Å²) in [7, 11) is 0. The fraction of sp³-hybridized carbons (Fsp3) is 0.214. The normalized spacial score (nSPS) is 11.1.